The summed E-state index contributed by atoms with van der Waals surface area (Å²) in [5.74, 6) is -0.643. The molecule has 0 heterocycles. The second kappa shape index (κ2) is 7.88. The Morgan fingerprint density at radius 1 is 1.14 bits per heavy atom. The first kappa shape index (κ1) is 16.5. The highest BCUT2D eigenvalue weighted by Gasteiger charge is 2.13. The molecule has 21 heavy (non-hydrogen) atoms. The Morgan fingerprint density at radius 2 is 1.81 bits per heavy atom. The third-order valence-corrected chi connectivity index (χ3v) is 2.59. The molecule has 7 heteroatoms. The molecular formula is C14H20N4O3. The van der Waals surface area contributed by atoms with Crippen molar-refractivity contribution in [3.05, 3.63) is 29.8 Å². The molecule has 1 aromatic carbocycles. The largest absolute Gasteiger partial charge is 0.375 e. The van der Waals surface area contributed by atoms with Gasteiger partial charge in [-0.05, 0) is 19.1 Å². The topological polar surface area (TPSA) is 90.5 Å². The van der Waals surface area contributed by atoms with Gasteiger partial charge >= 0.3 is 6.03 Å². The molecule has 0 bridgehead atoms. The van der Waals surface area contributed by atoms with Crippen molar-refractivity contribution in [3.8, 4) is 0 Å². The number of rotatable bonds is 5. The van der Waals surface area contributed by atoms with Crippen molar-refractivity contribution in [2.75, 3.05) is 32.5 Å². The van der Waals surface area contributed by atoms with Gasteiger partial charge in [0.2, 0.25) is 5.91 Å². The summed E-state index contributed by atoms with van der Waals surface area (Å²) in [7, 11) is 3.31. The number of amides is 4. The number of nitrogens with one attached hydrogen (secondary N) is 3. The minimum absolute atomic E-state index is 0.102. The standard InChI is InChI=1S/C14H20N4O3/c1-4-15-14(21)17-12(19)9-16-11-8-6-5-7-10(11)13(20)18(2)3/h5-8,16H,4,9H2,1-3H3,(H2,15,17,19,21). The quantitative estimate of drug-likeness (QED) is 0.743. The van der Waals surface area contributed by atoms with Crippen molar-refractivity contribution in [3.63, 3.8) is 0 Å². The molecule has 0 spiro atoms. The van der Waals surface area contributed by atoms with E-state index in [9.17, 15) is 14.4 Å². The lowest BCUT2D eigenvalue weighted by molar-refractivity contribution is -0.118. The first-order valence-electron chi connectivity index (χ1n) is 6.58. The van der Waals surface area contributed by atoms with E-state index in [0.29, 0.717) is 17.8 Å². The SMILES string of the molecule is CCNC(=O)NC(=O)CNc1ccccc1C(=O)N(C)C. The predicted molar refractivity (Wildman–Crippen MR) is 80.2 cm³/mol. The van der Waals surface area contributed by atoms with E-state index >= 15 is 0 Å². The normalized spacial score (nSPS) is 9.67. The molecule has 7 nitrogen and oxygen atoms in total. The van der Waals surface area contributed by atoms with E-state index in [0.717, 1.165) is 0 Å². The molecular weight excluding hydrogens is 272 g/mol. The van der Waals surface area contributed by atoms with E-state index in [2.05, 4.69) is 16.0 Å². The first-order valence-corrected chi connectivity index (χ1v) is 6.58. The van der Waals surface area contributed by atoms with Gasteiger partial charge in [0.1, 0.15) is 0 Å². The van der Waals surface area contributed by atoms with E-state index in [1.165, 1.54) is 4.90 Å². The van der Waals surface area contributed by atoms with Crippen LogP contribution in [0.15, 0.2) is 24.3 Å². The molecule has 1 rings (SSSR count). The highest BCUT2D eigenvalue weighted by Crippen LogP contribution is 2.15. The number of urea groups is 1. The molecule has 0 unspecified atom stereocenters. The third-order valence-electron chi connectivity index (χ3n) is 2.59. The summed E-state index contributed by atoms with van der Waals surface area (Å²) >= 11 is 0. The lowest BCUT2D eigenvalue weighted by Crippen LogP contribution is -2.41. The van der Waals surface area contributed by atoms with Crippen LogP contribution in [0.3, 0.4) is 0 Å². The Balaban J connectivity index is 2.65. The molecule has 0 radical (unpaired) electrons. The highest BCUT2D eigenvalue weighted by molar-refractivity contribution is 6.00. The molecule has 0 aliphatic rings. The van der Waals surface area contributed by atoms with E-state index in [1.54, 1.807) is 45.3 Å². The molecule has 4 amide bonds. The molecule has 0 atom stereocenters. The fourth-order valence-electron chi connectivity index (χ4n) is 1.62. The van der Waals surface area contributed by atoms with Crippen LogP contribution in [0.5, 0.6) is 0 Å². The van der Waals surface area contributed by atoms with E-state index in [4.69, 9.17) is 0 Å². The minimum Gasteiger partial charge on any atom is -0.375 e. The summed E-state index contributed by atoms with van der Waals surface area (Å²) in [5.41, 5.74) is 1.01. The zero-order valence-electron chi connectivity index (χ0n) is 12.4. The molecule has 0 fully saturated rings. The van der Waals surface area contributed by atoms with Crippen LogP contribution >= 0.6 is 0 Å². The van der Waals surface area contributed by atoms with Crippen molar-refractivity contribution in [2.45, 2.75) is 6.92 Å². The molecule has 0 aromatic heterocycles. The Labute approximate surface area is 123 Å². The Bertz CT molecular complexity index is 529. The number of para-hydroxylation sites is 1. The van der Waals surface area contributed by atoms with Crippen LogP contribution in [0.1, 0.15) is 17.3 Å². The van der Waals surface area contributed by atoms with Gasteiger partial charge in [-0.25, -0.2) is 4.79 Å². The monoisotopic (exact) mass is 292 g/mol. The van der Waals surface area contributed by atoms with Crippen molar-refractivity contribution in [1.82, 2.24) is 15.5 Å². The van der Waals surface area contributed by atoms with Gasteiger partial charge in [0.05, 0.1) is 12.1 Å². The van der Waals surface area contributed by atoms with Crippen molar-refractivity contribution in [2.24, 2.45) is 0 Å². The molecule has 1 aromatic rings. The number of imide groups is 1. The smallest absolute Gasteiger partial charge is 0.321 e. The fraction of sp³-hybridized carbons (Fsp3) is 0.357. The molecule has 114 valence electrons. The van der Waals surface area contributed by atoms with Crippen LogP contribution in [-0.2, 0) is 4.79 Å². The van der Waals surface area contributed by atoms with Crippen LogP contribution in [0.2, 0.25) is 0 Å². The van der Waals surface area contributed by atoms with E-state index in [-0.39, 0.29) is 12.5 Å². The number of benzene rings is 1. The van der Waals surface area contributed by atoms with Crippen LogP contribution in [0, 0.1) is 0 Å². The molecule has 0 aliphatic heterocycles. The second-order valence-corrected chi connectivity index (χ2v) is 4.51. The van der Waals surface area contributed by atoms with Gasteiger partial charge in [-0.2, -0.15) is 0 Å². The van der Waals surface area contributed by atoms with Gasteiger partial charge in [-0.1, -0.05) is 12.1 Å². The number of anilines is 1. The van der Waals surface area contributed by atoms with Gasteiger partial charge in [-0.15, -0.1) is 0 Å². The number of hydrogen-bond acceptors (Lipinski definition) is 4. The summed E-state index contributed by atoms with van der Waals surface area (Å²) < 4.78 is 0. The molecule has 3 N–H and O–H groups in total. The second-order valence-electron chi connectivity index (χ2n) is 4.51. The van der Waals surface area contributed by atoms with Crippen molar-refractivity contribution >= 4 is 23.5 Å². The lowest BCUT2D eigenvalue weighted by Gasteiger charge is -2.15. The fourth-order valence-corrected chi connectivity index (χ4v) is 1.62. The lowest BCUT2D eigenvalue weighted by atomic mass is 10.1. The molecule has 0 saturated carbocycles. The number of nitrogens with zero attached hydrogens (tertiary/aromatic N) is 1. The summed E-state index contributed by atoms with van der Waals surface area (Å²) in [6, 6.07) is 6.34. The van der Waals surface area contributed by atoms with Gasteiger partial charge < -0.3 is 15.5 Å². The zero-order valence-corrected chi connectivity index (χ0v) is 12.4. The number of carbonyl (C=O) groups is 3. The summed E-state index contributed by atoms with van der Waals surface area (Å²) in [4.78, 5) is 36.2. The maximum atomic E-state index is 12.0. The Morgan fingerprint density at radius 3 is 2.43 bits per heavy atom. The van der Waals surface area contributed by atoms with E-state index < -0.39 is 11.9 Å². The average Bonchev–Trinajstić information content (AvgIpc) is 2.44. The van der Waals surface area contributed by atoms with Gasteiger partial charge in [0.25, 0.3) is 5.91 Å². The van der Waals surface area contributed by atoms with Crippen LogP contribution in [0.4, 0.5) is 10.5 Å². The predicted octanol–water partition coefficient (Wildman–Crippen LogP) is 0.646. The summed E-state index contributed by atoms with van der Waals surface area (Å²) in [5, 5.41) is 7.49. The number of carbonyl (C=O) groups excluding carboxylic acids is 3. The maximum Gasteiger partial charge on any atom is 0.321 e. The summed E-state index contributed by atoms with van der Waals surface area (Å²) in [6.07, 6.45) is 0. The van der Waals surface area contributed by atoms with Crippen molar-refractivity contribution < 1.29 is 14.4 Å². The van der Waals surface area contributed by atoms with Crippen LogP contribution in [0.25, 0.3) is 0 Å². The summed E-state index contributed by atoms with van der Waals surface area (Å²) in [6.45, 7) is 2.09. The van der Waals surface area contributed by atoms with Crippen LogP contribution < -0.4 is 16.0 Å². The molecule has 0 saturated heterocycles. The van der Waals surface area contributed by atoms with E-state index in [1.807, 2.05) is 0 Å². The number of hydrogen-bond donors (Lipinski definition) is 3. The van der Waals surface area contributed by atoms with Crippen molar-refractivity contribution in [1.29, 1.82) is 0 Å². The Kier molecular flexibility index (Phi) is 6.19. The maximum absolute atomic E-state index is 12.0. The van der Waals surface area contributed by atoms with Gasteiger partial charge in [0, 0.05) is 26.3 Å². The van der Waals surface area contributed by atoms with Crippen LogP contribution in [-0.4, -0.2) is 49.9 Å². The zero-order chi connectivity index (χ0) is 15.8. The van der Waals surface area contributed by atoms with Gasteiger partial charge in [0.15, 0.2) is 0 Å². The van der Waals surface area contributed by atoms with Gasteiger partial charge in [-0.3, -0.25) is 14.9 Å². The minimum atomic E-state index is -0.540. The third kappa shape index (κ3) is 5.13. The molecule has 0 aliphatic carbocycles. The Hall–Kier alpha value is -2.57. The first-order chi connectivity index (χ1) is 9.95. The average molecular weight is 292 g/mol. The highest BCUT2D eigenvalue weighted by atomic mass is 16.2.